The lowest BCUT2D eigenvalue weighted by molar-refractivity contribution is -0.126. The van der Waals surface area contributed by atoms with Crippen LogP contribution in [-0.2, 0) is 4.79 Å². The number of piperazine rings is 1. The SMILES string of the molecule is COc1ccc(Br)cc1/C=C/C(=O)N1CCN(c2ccccc2)CC1. The molecule has 25 heavy (non-hydrogen) atoms. The van der Waals surface area contributed by atoms with E-state index in [4.69, 9.17) is 4.74 Å². The number of anilines is 1. The summed E-state index contributed by atoms with van der Waals surface area (Å²) in [6.45, 7) is 3.16. The molecule has 1 heterocycles. The topological polar surface area (TPSA) is 32.8 Å². The van der Waals surface area contributed by atoms with Crippen LogP contribution in [0.2, 0.25) is 0 Å². The van der Waals surface area contributed by atoms with Crippen molar-refractivity contribution in [2.45, 2.75) is 0 Å². The second-order valence-electron chi connectivity index (χ2n) is 5.87. The molecule has 0 spiro atoms. The summed E-state index contributed by atoms with van der Waals surface area (Å²) >= 11 is 3.45. The van der Waals surface area contributed by atoms with Crippen LogP contribution < -0.4 is 9.64 Å². The van der Waals surface area contributed by atoms with Crippen LogP contribution in [-0.4, -0.2) is 44.1 Å². The van der Waals surface area contributed by atoms with Gasteiger partial charge in [-0.3, -0.25) is 4.79 Å². The summed E-state index contributed by atoms with van der Waals surface area (Å²) in [6, 6.07) is 16.1. The molecule has 130 valence electrons. The Bertz CT molecular complexity index is 754. The van der Waals surface area contributed by atoms with E-state index in [2.05, 4.69) is 33.0 Å². The smallest absolute Gasteiger partial charge is 0.246 e. The van der Waals surface area contributed by atoms with Crippen LogP contribution in [0.25, 0.3) is 6.08 Å². The molecule has 1 aliphatic rings. The number of methoxy groups -OCH3 is 1. The number of halogens is 1. The molecule has 0 bridgehead atoms. The molecule has 4 nitrogen and oxygen atoms in total. The van der Waals surface area contributed by atoms with Crippen molar-refractivity contribution in [2.75, 3.05) is 38.2 Å². The number of amides is 1. The second-order valence-corrected chi connectivity index (χ2v) is 6.78. The van der Waals surface area contributed by atoms with Crippen molar-refractivity contribution >= 4 is 33.6 Å². The van der Waals surface area contributed by atoms with Gasteiger partial charge in [-0.1, -0.05) is 34.1 Å². The molecule has 0 unspecified atom stereocenters. The molecular weight excluding hydrogens is 380 g/mol. The molecule has 0 aromatic heterocycles. The molecule has 0 radical (unpaired) electrons. The van der Waals surface area contributed by atoms with E-state index < -0.39 is 0 Å². The summed E-state index contributed by atoms with van der Waals surface area (Å²) in [5, 5.41) is 0. The number of benzene rings is 2. The predicted molar refractivity (Wildman–Crippen MR) is 105 cm³/mol. The van der Waals surface area contributed by atoms with Gasteiger partial charge in [-0.05, 0) is 36.4 Å². The fourth-order valence-electron chi connectivity index (χ4n) is 2.93. The summed E-state index contributed by atoms with van der Waals surface area (Å²) in [7, 11) is 1.63. The number of ether oxygens (including phenoxy) is 1. The molecule has 2 aromatic carbocycles. The fraction of sp³-hybridized carbons (Fsp3) is 0.250. The first-order chi connectivity index (χ1) is 12.2. The molecule has 0 saturated carbocycles. The second kappa shape index (κ2) is 8.21. The predicted octanol–water partition coefficient (Wildman–Crippen LogP) is 3.82. The van der Waals surface area contributed by atoms with Crippen LogP contribution in [0, 0.1) is 0 Å². The van der Waals surface area contributed by atoms with Gasteiger partial charge in [0.15, 0.2) is 0 Å². The van der Waals surface area contributed by atoms with Gasteiger partial charge in [0, 0.05) is 48.0 Å². The first-order valence-electron chi connectivity index (χ1n) is 8.28. The number of nitrogens with zero attached hydrogens (tertiary/aromatic N) is 2. The van der Waals surface area contributed by atoms with E-state index >= 15 is 0 Å². The van der Waals surface area contributed by atoms with Crippen LogP contribution in [0.15, 0.2) is 59.1 Å². The Labute approximate surface area is 156 Å². The molecule has 0 N–H and O–H groups in total. The Morgan fingerprint density at radius 3 is 2.48 bits per heavy atom. The van der Waals surface area contributed by atoms with Crippen LogP contribution in [0.1, 0.15) is 5.56 Å². The Balaban J connectivity index is 1.61. The highest BCUT2D eigenvalue weighted by atomic mass is 79.9. The van der Waals surface area contributed by atoms with E-state index in [1.54, 1.807) is 13.2 Å². The van der Waals surface area contributed by atoms with Gasteiger partial charge in [0.2, 0.25) is 5.91 Å². The Kier molecular flexibility index (Phi) is 5.76. The Morgan fingerprint density at radius 1 is 1.08 bits per heavy atom. The van der Waals surface area contributed by atoms with Crippen molar-refractivity contribution in [3.8, 4) is 5.75 Å². The van der Waals surface area contributed by atoms with E-state index in [0.717, 1.165) is 42.0 Å². The average molecular weight is 401 g/mol. The molecule has 2 aromatic rings. The maximum Gasteiger partial charge on any atom is 0.246 e. The monoisotopic (exact) mass is 400 g/mol. The Morgan fingerprint density at radius 2 is 1.80 bits per heavy atom. The zero-order valence-electron chi connectivity index (χ0n) is 14.2. The minimum absolute atomic E-state index is 0.0368. The van der Waals surface area contributed by atoms with Crippen molar-refractivity contribution in [1.29, 1.82) is 0 Å². The average Bonchev–Trinajstić information content (AvgIpc) is 2.67. The summed E-state index contributed by atoms with van der Waals surface area (Å²) in [5.41, 5.74) is 2.09. The molecular formula is C20H21BrN2O2. The lowest BCUT2D eigenvalue weighted by atomic mass is 10.2. The van der Waals surface area contributed by atoms with E-state index in [-0.39, 0.29) is 5.91 Å². The van der Waals surface area contributed by atoms with Crippen molar-refractivity contribution < 1.29 is 9.53 Å². The standard InChI is InChI=1S/C20H21BrN2O2/c1-25-19-9-8-17(21)15-16(19)7-10-20(24)23-13-11-22(12-14-23)18-5-3-2-4-6-18/h2-10,15H,11-14H2,1H3/b10-7+. The highest BCUT2D eigenvalue weighted by Crippen LogP contribution is 2.24. The summed E-state index contributed by atoms with van der Waals surface area (Å²) in [5.74, 6) is 0.788. The first kappa shape index (κ1) is 17.5. The number of para-hydroxylation sites is 1. The molecule has 5 heteroatoms. The lowest BCUT2D eigenvalue weighted by Gasteiger charge is -2.35. The van der Waals surface area contributed by atoms with E-state index in [9.17, 15) is 4.79 Å². The molecule has 3 rings (SSSR count). The maximum atomic E-state index is 12.5. The number of hydrogen-bond donors (Lipinski definition) is 0. The van der Waals surface area contributed by atoms with Crippen LogP contribution in [0.5, 0.6) is 5.75 Å². The van der Waals surface area contributed by atoms with Crippen molar-refractivity contribution in [2.24, 2.45) is 0 Å². The number of carbonyl (C=O) groups is 1. The van der Waals surface area contributed by atoms with Crippen LogP contribution in [0.4, 0.5) is 5.69 Å². The van der Waals surface area contributed by atoms with Gasteiger partial charge >= 0.3 is 0 Å². The van der Waals surface area contributed by atoms with Gasteiger partial charge in [-0.15, -0.1) is 0 Å². The highest BCUT2D eigenvalue weighted by molar-refractivity contribution is 9.10. The third-order valence-corrected chi connectivity index (χ3v) is 4.80. The van der Waals surface area contributed by atoms with E-state index in [0.29, 0.717) is 0 Å². The van der Waals surface area contributed by atoms with Crippen LogP contribution >= 0.6 is 15.9 Å². The van der Waals surface area contributed by atoms with E-state index in [1.165, 1.54) is 5.69 Å². The molecule has 0 aliphatic carbocycles. The molecule has 1 fully saturated rings. The van der Waals surface area contributed by atoms with Gasteiger partial charge in [-0.2, -0.15) is 0 Å². The molecule has 1 amide bonds. The van der Waals surface area contributed by atoms with Crippen molar-refractivity contribution in [3.63, 3.8) is 0 Å². The number of hydrogen-bond acceptors (Lipinski definition) is 3. The highest BCUT2D eigenvalue weighted by Gasteiger charge is 2.19. The summed E-state index contributed by atoms with van der Waals surface area (Å²) < 4.78 is 6.29. The minimum atomic E-state index is 0.0368. The maximum absolute atomic E-state index is 12.5. The fourth-order valence-corrected chi connectivity index (χ4v) is 3.30. The largest absolute Gasteiger partial charge is 0.496 e. The molecule has 0 atom stereocenters. The van der Waals surface area contributed by atoms with Gasteiger partial charge in [0.05, 0.1) is 7.11 Å². The van der Waals surface area contributed by atoms with Gasteiger partial charge in [0.1, 0.15) is 5.75 Å². The first-order valence-corrected chi connectivity index (χ1v) is 9.07. The third kappa shape index (κ3) is 4.42. The van der Waals surface area contributed by atoms with Crippen molar-refractivity contribution in [1.82, 2.24) is 4.90 Å². The Hall–Kier alpha value is -2.27. The molecule has 1 aliphatic heterocycles. The van der Waals surface area contributed by atoms with Gasteiger partial charge in [0.25, 0.3) is 0 Å². The summed E-state index contributed by atoms with van der Waals surface area (Å²) in [6.07, 6.45) is 3.44. The van der Waals surface area contributed by atoms with Crippen molar-refractivity contribution in [3.05, 3.63) is 64.6 Å². The minimum Gasteiger partial charge on any atom is -0.496 e. The van der Waals surface area contributed by atoms with Gasteiger partial charge < -0.3 is 14.5 Å². The quantitative estimate of drug-likeness (QED) is 0.731. The van der Waals surface area contributed by atoms with Crippen LogP contribution in [0.3, 0.4) is 0 Å². The zero-order chi connectivity index (χ0) is 17.6. The molecule has 1 saturated heterocycles. The normalized spacial score (nSPS) is 14.8. The summed E-state index contributed by atoms with van der Waals surface area (Å²) in [4.78, 5) is 16.7. The number of carbonyl (C=O) groups excluding carboxylic acids is 1. The van der Waals surface area contributed by atoms with Gasteiger partial charge in [-0.25, -0.2) is 0 Å². The lowest BCUT2D eigenvalue weighted by Crippen LogP contribution is -2.48. The van der Waals surface area contributed by atoms with E-state index in [1.807, 2.05) is 47.4 Å². The number of rotatable bonds is 4. The zero-order valence-corrected chi connectivity index (χ0v) is 15.8. The third-order valence-electron chi connectivity index (χ3n) is 4.31.